The Kier molecular flexibility index (Phi) is 5.81. The topological polar surface area (TPSA) is 94.1 Å². The van der Waals surface area contributed by atoms with Gasteiger partial charge in [-0.25, -0.2) is 4.79 Å². The third-order valence-electron chi connectivity index (χ3n) is 5.22. The summed E-state index contributed by atoms with van der Waals surface area (Å²) in [4.78, 5) is 24.2. The van der Waals surface area contributed by atoms with E-state index in [2.05, 4.69) is 5.32 Å². The zero-order valence-electron chi connectivity index (χ0n) is 15.9. The van der Waals surface area contributed by atoms with Crippen LogP contribution in [0.3, 0.4) is 0 Å². The lowest BCUT2D eigenvalue weighted by Crippen LogP contribution is -2.76. The molecule has 1 aliphatic rings. The second kappa shape index (κ2) is 7.53. The lowest BCUT2D eigenvalue weighted by Gasteiger charge is -2.58. The van der Waals surface area contributed by atoms with Crippen LogP contribution in [-0.2, 0) is 14.3 Å². The van der Waals surface area contributed by atoms with Crippen molar-refractivity contribution in [1.29, 1.82) is 0 Å². The Bertz CT molecular complexity index is 687. The molecule has 0 aromatic heterocycles. The predicted octanol–water partition coefficient (Wildman–Crippen LogP) is 2.16. The van der Waals surface area contributed by atoms with Crippen molar-refractivity contribution in [3.8, 4) is 11.5 Å². The van der Waals surface area contributed by atoms with Crippen LogP contribution in [0.15, 0.2) is 18.2 Å². The number of ether oxygens (including phenoxy) is 3. The van der Waals surface area contributed by atoms with Gasteiger partial charge in [-0.15, -0.1) is 0 Å². The Morgan fingerprint density at radius 2 is 2.04 bits per heavy atom. The van der Waals surface area contributed by atoms with Gasteiger partial charge >= 0.3 is 5.97 Å². The van der Waals surface area contributed by atoms with Gasteiger partial charge < -0.3 is 24.6 Å². The molecular weight excluding hydrogens is 338 g/mol. The summed E-state index contributed by atoms with van der Waals surface area (Å²) < 4.78 is 16.3. The van der Waals surface area contributed by atoms with Gasteiger partial charge in [-0.1, -0.05) is 13.8 Å². The van der Waals surface area contributed by atoms with Crippen LogP contribution in [0, 0.1) is 12.3 Å². The number of hydrogen-bond donors (Lipinski definition) is 2. The maximum Gasteiger partial charge on any atom is 0.330 e. The molecule has 1 aromatic rings. The Morgan fingerprint density at radius 3 is 2.54 bits per heavy atom. The van der Waals surface area contributed by atoms with Crippen LogP contribution in [0.5, 0.6) is 11.5 Å². The van der Waals surface area contributed by atoms with Crippen molar-refractivity contribution in [2.24, 2.45) is 5.41 Å². The number of carboxylic acid groups (broad SMARTS) is 1. The molecule has 2 N–H and O–H groups in total. The monoisotopic (exact) mass is 365 g/mol. The summed E-state index contributed by atoms with van der Waals surface area (Å²) in [5, 5.41) is 12.4. The zero-order valence-corrected chi connectivity index (χ0v) is 15.9. The number of aliphatic carboxylic acids is 1. The van der Waals surface area contributed by atoms with Crippen molar-refractivity contribution >= 4 is 11.9 Å². The molecule has 0 aliphatic heterocycles. The minimum Gasteiger partial charge on any atom is -0.496 e. The van der Waals surface area contributed by atoms with Gasteiger partial charge in [0, 0.05) is 18.4 Å². The van der Waals surface area contributed by atoms with E-state index in [1.807, 2.05) is 13.8 Å². The first-order valence-corrected chi connectivity index (χ1v) is 8.61. The molecule has 1 aliphatic carbocycles. The van der Waals surface area contributed by atoms with Gasteiger partial charge in [0.25, 0.3) is 5.91 Å². The van der Waals surface area contributed by atoms with Crippen molar-refractivity contribution in [2.45, 2.75) is 45.8 Å². The van der Waals surface area contributed by atoms with E-state index in [0.717, 1.165) is 11.3 Å². The van der Waals surface area contributed by atoms with E-state index >= 15 is 0 Å². The largest absolute Gasteiger partial charge is 0.496 e. The number of methoxy groups -OCH3 is 1. The van der Waals surface area contributed by atoms with Gasteiger partial charge in [0.2, 0.25) is 0 Å². The molecule has 1 aromatic carbocycles. The van der Waals surface area contributed by atoms with Crippen LogP contribution in [0.25, 0.3) is 0 Å². The third-order valence-corrected chi connectivity index (χ3v) is 5.22. The SMILES string of the molecule is CCOC1CC(NC(=O)COc2ccc(OC)c(C)c2)(C(=O)O)C1(C)C. The molecule has 0 bridgehead atoms. The molecule has 1 fully saturated rings. The molecule has 0 spiro atoms. The molecule has 1 saturated carbocycles. The number of amides is 1. The van der Waals surface area contributed by atoms with E-state index in [4.69, 9.17) is 14.2 Å². The van der Waals surface area contributed by atoms with E-state index in [-0.39, 0.29) is 19.1 Å². The first-order chi connectivity index (χ1) is 12.2. The molecular formula is C19H27NO6. The van der Waals surface area contributed by atoms with Crippen LogP contribution < -0.4 is 14.8 Å². The normalized spacial score (nSPS) is 23.7. The summed E-state index contributed by atoms with van der Waals surface area (Å²) in [6.07, 6.45) is 0.0189. The average molecular weight is 365 g/mol. The third kappa shape index (κ3) is 3.49. The number of carboxylic acids is 1. The molecule has 144 valence electrons. The van der Waals surface area contributed by atoms with Gasteiger partial charge in [0.1, 0.15) is 17.0 Å². The number of nitrogens with one attached hydrogen (secondary N) is 1. The van der Waals surface area contributed by atoms with Gasteiger partial charge in [-0.05, 0) is 37.6 Å². The molecule has 0 heterocycles. The standard InChI is InChI=1S/C19H27NO6/c1-6-25-15-10-19(17(22)23,18(15,3)4)20-16(21)11-26-13-7-8-14(24-5)12(2)9-13/h7-9,15H,6,10-11H2,1-5H3,(H,20,21)(H,22,23). The maximum absolute atomic E-state index is 12.3. The average Bonchev–Trinajstić information content (AvgIpc) is 2.58. The molecule has 7 nitrogen and oxygen atoms in total. The van der Waals surface area contributed by atoms with Crippen LogP contribution in [0.1, 0.15) is 32.8 Å². The van der Waals surface area contributed by atoms with Crippen LogP contribution >= 0.6 is 0 Å². The van der Waals surface area contributed by atoms with Crippen molar-refractivity contribution in [3.63, 3.8) is 0 Å². The predicted molar refractivity (Wildman–Crippen MR) is 95.5 cm³/mol. The quantitative estimate of drug-likeness (QED) is 0.733. The highest BCUT2D eigenvalue weighted by Gasteiger charge is 2.66. The molecule has 26 heavy (non-hydrogen) atoms. The fraction of sp³-hybridized carbons (Fsp3) is 0.579. The molecule has 1 amide bonds. The number of aryl methyl sites for hydroxylation is 1. The van der Waals surface area contributed by atoms with Crippen molar-refractivity contribution in [1.82, 2.24) is 5.32 Å². The Hall–Kier alpha value is -2.28. The van der Waals surface area contributed by atoms with Crippen molar-refractivity contribution in [3.05, 3.63) is 23.8 Å². The van der Waals surface area contributed by atoms with E-state index in [9.17, 15) is 14.7 Å². The molecule has 2 unspecified atom stereocenters. The van der Waals surface area contributed by atoms with Gasteiger partial charge in [-0.2, -0.15) is 0 Å². The summed E-state index contributed by atoms with van der Waals surface area (Å²) in [5.74, 6) is -0.302. The van der Waals surface area contributed by atoms with Crippen molar-refractivity contribution in [2.75, 3.05) is 20.3 Å². The maximum atomic E-state index is 12.3. The van der Waals surface area contributed by atoms with Gasteiger partial charge in [0.05, 0.1) is 13.2 Å². The second-order valence-electron chi connectivity index (χ2n) is 7.05. The second-order valence-corrected chi connectivity index (χ2v) is 7.05. The highest BCUT2D eigenvalue weighted by atomic mass is 16.5. The van der Waals surface area contributed by atoms with Gasteiger partial charge in [0.15, 0.2) is 6.61 Å². The smallest absolute Gasteiger partial charge is 0.330 e. The number of carbonyl (C=O) groups excluding carboxylic acids is 1. The fourth-order valence-corrected chi connectivity index (χ4v) is 3.40. The Labute approximate surface area is 153 Å². The van der Waals surface area contributed by atoms with E-state index in [0.29, 0.717) is 12.4 Å². The van der Waals surface area contributed by atoms with Crippen LogP contribution in [0.2, 0.25) is 0 Å². The highest BCUT2D eigenvalue weighted by Crippen LogP contribution is 2.51. The lowest BCUT2D eigenvalue weighted by atomic mass is 9.54. The number of carbonyl (C=O) groups is 2. The molecule has 7 heteroatoms. The van der Waals surface area contributed by atoms with E-state index in [1.54, 1.807) is 39.2 Å². The molecule has 0 saturated heterocycles. The number of rotatable bonds is 8. The summed E-state index contributed by atoms with van der Waals surface area (Å²) in [6.45, 7) is 7.54. The van der Waals surface area contributed by atoms with Gasteiger partial charge in [-0.3, -0.25) is 4.79 Å². The van der Waals surface area contributed by atoms with E-state index in [1.165, 1.54) is 0 Å². The van der Waals surface area contributed by atoms with E-state index < -0.39 is 22.8 Å². The van der Waals surface area contributed by atoms with Crippen LogP contribution in [-0.4, -0.2) is 48.9 Å². The minimum absolute atomic E-state index is 0.214. The number of benzene rings is 1. The minimum atomic E-state index is -1.36. The summed E-state index contributed by atoms with van der Waals surface area (Å²) in [5.41, 5.74) is -1.20. The first-order valence-electron chi connectivity index (χ1n) is 8.61. The summed E-state index contributed by atoms with van der Waals surface area (Å²) in [7, 11) is 1.58. The fourth-order valence-electron chi connectivity index (χ4n) is 3.40. The summed E-state index contributed by atoms with van der Waals surface area (Å²) in [6, 6.07) is 5.21. The Balaban J connectivity index is 2.01. The Morgan fingerprint density at radius 1 is 1.35 bits per heavy atom. The van der Waals surface area contributed by atoms with Crippen molar-refractivity contribution < 1.29 is 28.9 Å². The molecule has 0 radical (unpaired) electrons. The first kappa shape index (κ1) is 20.0. The summed E-state index contributed by atoms with van der Waals surface area (Å²) >= 11 is 0. The zero-order chi connectivity index (χ0) is 19.5. The number of hydrogen-bond acceptors (Lipinski definition) is 5. The molecule has 2 rings (SSSR count). The highest BCUT2D eigenvalue weighted by molar-refractivity contribution is 5.90. The molecule has 2 atom stereocenters. The lowest BCUT2D eigenvalue weighted by molar-refractivity contribution is -0.194. The van der Waals surface area contributed by atoms with Crippen LogP contribution in [0.4, 0.5) is 0 Å².